The lowest BCUT2D eigenvalue weighted by Crippen LogP contribution is -2.62. The number of hydrogen-bond donors (Lipinski definition) is 1. The highest BCUT2D eigenvalue weighted by atomic mass is 28.1. The van der Waals surface area contributed by atoms with Crippen molar-refractivity contribution in [1.29, 1.82) is 0 Å². The van der Waals surface area contributed by atoms with Gasteiger partial charge in [0.1, 0.15) is 0 Å². The smallest absolute Gasteiger partial charge is 0.0246 e. The molecular weight excluding hydrogens is 186 g/mol. The fraction of sp³-hybridized carbons (Fsp3) is 1.00. The van der Waals surface area contributed by atoms with Crippen LogP contribution in [0.1, 0.15) is 48.5 Å². The number of nitrogens with one attached hydrogen (secondary N) is 1. The maximum absolute atomic E-state index is 3.76. The quantitative estimate of drug-likeness (QED) is 0.712. The zero-order valence-electron chi connectivity index (χ0n) is 11.4. The van der Waals surface area contributed by atoms with E-state index >= 15 is 0 Å². The average molecular weight is 215 g/mol. The molecule has 0 aromatic rings. The molecule has 2 heteroatoms. The Balaban J connectivity index is 5.21. The van der Waals surface area contributed by atoms with Crippen LogP contribution in [0.4, 0.5) is 0 Å². The van der Waals surface area contributed by atoms with Crippen LogP contribution in [0.25, 0.3) is 0 Å². The highest BCUT2D eigenvalue weighted by Gasteiger charge is 2.48. The van der Waals surface area contributed by atoms with Gasteiger partial charge in [0.2, 0.25) is 0 Å². The molecule has 86 valence electrons. The molecule has 0 aliphatic heterocycles. The molecular formula is C12H29NSi. The monoisotopic (exact) mass is 215 g/mol. The summed E-state index contributed by atoms with van der Waals surface area (Å²) in [6, 6.07) is 1.31. The second-order valence-corrected chi connectivity index (χ2v) is 7.00. The van der Waals surface area contributed by atoms with Crippen molar-refractivity contribution in [2.45, 2.75) is 60.0 Å². The van der Waals surface area contributed by atoms with Gasteiger partial charge in [0, 0.05) is 15.8 Å². The van der Waals surface area contributed by atoms with Gasteiger partial charge in [-0.1, -0.05) is 48.5 Å². The predicted molar refractivity (Wildman–Crippen MR) is 70.1 cm³/mol. The van der Waals surface area contributed by atoms with Crippen LogP contribution in [0, 0.1) is 10.8 Å². The van der Waals surface area contributed by atoms with Gasteiger partial charge >= 0.3 is 0 Å². The van der Waals surface area contributed by atoms with E-state index in [1.165, 1.54) is 16.3 Å². The highest BCUT2D eigenvalue weighted by Crippen LogP contribution is 2.45. The van der Waals surface area contributed by atoms with Gasteiger partial charge in [0.05, 0.1) is 0 Å². The minimum Gasteiger partial charge on any atom is -0.311 e. The van der Waals surface area contributed by atoms with Gasteiger partial charge in [-0.05, 0) is 23.4 Å². The summed E-state index contributed by atoms with van der Waals surface area (Å²) in [5, 5.41) is 3.76. The van der Waals surface area contributed by atoms with Crippen molar-refractivity contribution < 1.29 is 0 Å². The van der Waals surface area contributed by atoms with Crippen LogP contribution in [0.2, 0.25) is 6.04 Å². The van der Waals surface area contributed by atoms with Crippen molar-refractivity contribution in [2.75, 3.05) is 6.54 Å². The second-order valence-electron chi connectivity index (χ2n) is 6.29. The molecule has 0 heterocycles. The zero-order chi connectivity index (χ0) is 11.6. The predicted octanol–water partition coefficient (Wildman–Crippen LogP) is 2.21. The molecule has 0 unspecified atom stereocenters. The molecule has 0 aromatic heterocycles. The van der Waals surface area contributed by atoms with E-state index < -0.39 is 0 Å². The normalized spacial score (nSPS) is 14.8. The van der Waals surface area contributed by atoms with E-state index in [1.807, 2.05) is 0 Å². The van der Waals surface area contributed by atoms with Crippen LogP contribution in [-0.2, 0) is 0 Å². The Labute approximate surface area is 93.5 Å². The van der Waals surface area contributed by atoms with Gasteiger partial charge in [0.15, 0.2) is 0 Å². The highest BCUT2D eigenvalue weighted by molar-refractivity contribution is 6.09. The van der Waals surface area contributed by atoms with Gasteiger partial charge in [-0.15, -0.1) is 0 Å². The van der Waals surface area contributed by atoms with Crippen molar-refractivity contribution in [1.82, 2.24) is 5.32 Å². The molecule has 0 saturated heterocycles. The molecule has 0 amide bonds. The molecule has 0 aliphatic carbocycles. The molecule has 0 rings (SSSR count). The molecule has 1 nitrogen and oxygen atoms in total. The summed E-state index contributed by atoms with van der Waals surface area (Å²) in [6.45, 7) is 17.4. The Kier molecular flexibility index (Phi) is 4.41. The van der Waals surface area contributed by atoms with Crippen molar-refractivity contribution in [2.24, 2.45) is 10.8 Å². The molecule has 0 saturated carbocycles. The summed E-state index contributed by atoms with van der Waals surface area (Å²) in [5.41, 5.74) is 0.924. The third kappa shape index (κ3) is 2.40. The first-order valence-electron chi connectivity index (χ1n) is 5.87. The lowest BCUT2D eigenvalue weighted by atomic mass is 9.61. The number of hydrogen-bond acceptors (Lipinski definition) is 1. The van der Waals surface area contributed by atoms with Crippen LogP contribution < -0.4 is 5.32 Å². The third-order valence-electron chi connectivity index (χ3n) is 3.57. The van der Waals surface area contributed by atoms with E-state index in [1.54, 1.807) is 0 Å². The maximum Gasteiger partial charge on any atom is 0.0246 e. The standard InChI is InChI=1S/C12H29NSi/c1-8-13-12(9-14,10(2,3)4)11(5,6)7/h13H,8-9H2,1-7,14H3. The molecule has 0 aliphatic rings. The Bertz CT molecular complexity index is 160. The Hall–Kier alpha value is 0.177. The van der Waals surface area contributed by atoms with E-state index in [2.05, 4.69) is 53.8 Å². The van der Waals surface area contributed by atoms with Crippen LogP contribution in [0.15, 0.2) is 0 Å². The van der Waals surface area contributed by atoms with Crippen LogP contribution in [0.3, 0.4) is 0 Å². The van der Waals surface area contributed by atoms with E-state index in [4.69, 9.17) is 0 Å². The van der Waals surface area contributed by atoms with Crippen LogP contribution in [0.5, 0.6) is 0 Å². The van der Waals surface area contributed by atoms with Gasteiger partial charge < -0.3 is 5.32 Å². The summed E-state index contributed by atoms with van der Waals surface area (Å²) < 4.78 is 0. The van der Waals surface area contributed by atoms with E-state index in [0.29, 0.717) is 10.8 Å². The topological polar surface area (TPSA) is 12.0 Å². The Morgan fingerprint density at radius 1 is 0.929 bits per heavy atom. The summed E-state index contributed by atoms with van der Waals surface area (Å²) in [6.07, 6.45) is 0. The van der Waals surface area contributed by atoms with Crippen molar-refractivity contribution in [3.8, 4) is 0 Å². The van der Waals surface area contributed by atoms with Crippen molar-refractivity contribution >= 4 is 10.2 Å². The molecule has 0 bridgehead atoms. The Morgan fingerprint density at radius 3 is 1.36 bits per heavy atom. The van der Waals surface area contributed by atoms with Gasteiger partial charge in [-0.25, -0.2) is 0 Å². The molecule has 14 heavy (non-hydrogen) atoms. The molecule has 0 fully saturated rings. The lowest BCUT2D eigenvalue weighted by molar-refractivity contribution is 0.0407. The molecule has 0 aromatic carbocycles. The zero-order valence-corrected chi connectivity index (χ0v) is 13.4. The molecule has 0 radical (unpaired) electrons. The van der Waals surface area contributed by atoms with Gasteiger partial charge in [-0.2, -0.15) is 0 Å². The lowest BCUT2D eigenvalue weighted by Gasteiger charge is -2.54. The minimum atomic E-state index is 0.279. The maximum atomic E-state index is 3.76. The summed E-state index contributed by atoms with van der Waals surface area (Å²) >= 11 is 0. The summed E-state index contributed by atoms with van der Waals surface area (Å²) in [5.74, 6) is 0. The second kappa shape index (κ2) is 4.36. The van der Waals surface area contributed by atoms with Crippen LogP contribution in [-0.4, -0.2) is 22.3 Å². The number of rotatable bonds is 3. The van der Waals surface area contributed by atoms with Gasteiger partial charge in [-0.3, -0.25) is 0 Å². The fourth-order valence-electron chi connectivity index (χ4n) is 3.14. The average Bonchev–Trinajstić information content (AvgIpc) is 1.94. The summed E-state index contributed by atoms with van der Waals surface area (Å²) in [4.78, 5) is 0. The molecule has 0 spiro atoms. The minimum absolute atomic E-state index is 0.279. The van der Waals surface area contributed by atoms with Crippen molar-refractivity contribution in [3.05, 3.63) is 0 Å². The van der Waals surface area contributed by atoms with Gasteiger partial charge in [0.25, 0.3) is 0 Å². The van der Waals surface area contributed by atoms with E-state index in [-0.39, 0.29) is 5.54 Å². The first kappa shape index (κ1) is 14.2. The molecule has 1 N–H and O–H groups in total. The molecule has 0 atom stereocenters. The van der Waals surface area contributed by atoms with Crippen molar-refractivity contribution in [3.63, 3.8) is 0 Å². The SMILES string of the molecule is CCNC(C[SiH3])(C(C)(C)C)C(C)(C)C. The first-order chi connectivity index (χ1) is 6.12. The Morgan fingerprint density at radius 2 is 1.29 bits per heavy atom. The fourth-order valence-corrected chi connectivity index (χ4v) is 5.51. The first-order valence-corrected chi connectivity index (χ1v) is 7.29. The summed E-state index contributed by atoms with van der Waals surface area (Å²) in [7, 11) is 1.26. The van der Waals surface area contributed by atoms with E-state index in [9.17, 15) is 0 Å². The van der Waals surface area contributed by atoms with E-state index in [0.717, 1.165) is 6.54 Å². The third-order valence-corrected chi connectivity index (χ3v) is 4.63. The largest absolute Gasteiger partial charge is 0.311 e. The van der Waals surface area contributed by atoms with Crippen LogP contribution >= 0.6 is 0 Å².